The van der Waals surface area contributed by atoms with Crippen molar-refractivity contribution in [2.24, 2.45) is 16.3 Å². The van der Waals surface area contributed by atoms with Crippen LogP contribution in [0, 0.1) is 11.3 Å². The van der Waals surface area contributed by atoms with Crippen LogP contribution in [0.3, 0.4) is 0 Å². The molecule has 2 aromatic carbocycles. The molecule has 6 nitrogen and oxygen atoms in total. The summed E-state index contributed by atoms with van der Waals surface area (Å²) in [5.41, 5.74) is 0.914. The van der Waals surface area contributed by atoms with Gasteiger partial charge in [-0.15, -0.1) is 0 Å². The summed E-state index contributed by atoms with van der Waals surface area (Å²) in [6, 6.07) is 9.59. The maximum absolute atomic E-state index is 13.7. The van der Waals surface area contributed by atoms with E-state index in [0.717, 1.165) is 12.1 Å². The standard InChI is InChI=1S/C28H29F3N2O4/c1-15-23(26(35)33-17-8-6-7-16(11-17)28(29,30)31)24(19-12-18(36-4)9-10-22(19)37-5)25-20(32-15)13-27(2,3)14-21(25)34/h6-12,23-24H,13-14H2,1-5H3,(H,33,35)/t23?,24-/m1/s1. The molecule has 0 aromatic heterocycles. The fraction of sp³-hybridized carbons (Fsp3) is 0.393. The van der Waals surface area contributed by atoms with Crippen LogP contribution in [0.15, 0.2) is 58.7 Å². The number of Topliss-reactive ketones (excluding diaryl/α,β-unsaturated/α-hetero) is 1. The second-order valence-corrected chi connectivity index (χ2v) is 10.2. The molecule has 4 rings (SSSR count). The molecule has 0 saturated carbocycles. The SMILES string of the molecule is COc1ccc(OC)c([C@H]2C3=C(CC(C)(C)CC3=O)N=C(C)C2C(=O)Nc2cccc(C(F)(F)F)c2)c1. The summed E-state index contributed by atoms with van der Waals surface area (Å²) in [7, 11) is 3.00. The second kappa shape index (κ2) is 9.68. The van der Waals surface area contributed by atoms with Crippen molar-refractivity contribution in [2.75, 3.05) is 19.5 Å². The summed E-state index contributed by atoms with van der Waals surface area (Å²) in [5, 5.41) is 2.62. The molecule has 37 heavy (non-hydrogen) atoms. The van der Waals surface area contributed by atoms with E-state index in [4.69, 9.17) is 9.47 Å². The van der Waals surface area contributed by atoms with E-state index in [1.54, 1.807) is 25.1 Å². The van der Waals surface area contributed by atoms with Gasteiger partial charge in [-0.1, -0.05) is 19.9 Å². The first-order chi connectivity index (χ1) is 17.3. The Kier molecular flexibility index (Phi) is 6.92. The van der Waals surface area contributed by atoms with Crippen LogP contribution in [0.25, 0.3) is 0 Å². The van der Waals surface area contributed by atoms with Crippen molar-refractivity contribution in [2.45, 2.75) is 45.7 Å². The molecule has 1 aliphatic heterocycles. The molecular weight excluding hydrogens is 485 g/mol. The second-order valence-electron chi connectivity index (χ2n) is 10.2. The van der Waals surface area contributed by atoms with E-state index in [1.165, 1.54) is 26.4 Å². The molecule has 0 spiro atoms. The number of carbonyl (C=O) groups is 2. The fourth-order valence-electron chi connectivity index (χ4n) is 5.20. The van der Waals surface area contributed by atoms with E-state index in [9.17, 15) is 22.8 Å². The van der Waals surface area contributed by atoms with Crippen LogP contribution in [-0.4, -0.2) is 31.6 Å². The zero-order valence-corrected chi connectivity index (χ0v) is 21.3. The molecule has 1 N–H and O–H groups in total. The van der Waals surface area contributed by atoms with E-state index in [2.05, 4.69) is 10.3 Å². The van der Waals surface area contributed by atoms with Gasteiger partial charge in [0.15, 0.2) is 5.78 Å². The number of benzene rings is 2. The van der Waals surface area contributed by atoms with Gasteiger partial charge < -0.3 is 14.8 Å². The fourth-order valence-corrected chi connectivity index (χ4v) is 5.20. The van der Waals surface area contributed by atoms with Crippen LogP contribution >= 0.6 is 0 Å². The molecule has 0 bridgehead atoms. The number of methoxy groups -OCH3 is 2. The lowest BCUT2D eigenvalue weighted by Crippen LogP contribution is -2.41. The predicted molar refractivity (Wildman–Crippen MR) is 134 cm³/mol. The number of amides is 1. The number of halogens is 3. The van der Waals surface area contributed by atoms with Crippen LogP contribution in [0.4, 0.5) is 18.9 Å². The molecule has 2 atom stereocenters. The van der Waals surface area contributed by atoms with Gasteiger partial charge in [0.2, 0.25) is 5.91 Å². The van der Waals surface area contributed by atoms with Gasteiger partial charge in [-0.3, -0.25) is 14.6 Å². The summed E-state index contributed by atoms with van der Waals surface area (Å²) >= 11 is 0. The number of nitrogens with one attached hydrogen (secondary N) is 1. The van der Waals surface area contributed by atoms with E-state index < -0.39 is 29.5 Å². The van der Waals surface area contributed by atoms with E-state index >= 15 is 0 Å². The monoisotopic (exact) mass is 514 g/mol. The maximum atomic E-state index is 13.7. The molecular formula is C28H29F3N2O4. The number of carbonyl (C=O) groups excluding carboxylic acids is 2. The summed E-state index contributed by atoms with van der Waals surface area (Å²) in [6.07, 6.45) is -3.72. The Labute approximate surface area is 213 Å². The Bertz CT molecular complexity index is 1310. The lowest BCUT2D eigenvalue weighted by molar-refractivity contribution is -0.137. The van der Waals surface area contributed by atoms with Gasteiger partial charge in [-0.05, 0) is 55.2 Å². The van der Waals surface area contributed by atoms with Gasteiger partial charge in [0.1, 0.15) is 11.5 Å². The highest BCUT2D eigenvalue weighted by Crippen LogP contribution is 2.50. The van der Waals surface area contributed by atoms with Crippen LogP contribution in [0.1, 0.15) is 50.7 Å². The molecule has 1 unspecified atom stereocenters. The molecule has 196 valence electrons. The van der Waals surface area contributed by atoms with Gasteiger partial charge in [0.25, 0.3) is 0 Å². The summed E-state index contributed by atoms with van der Waals surface area (Å²) < 4.78 is 50.8. The number of hydrogen-bond acceptors (Lipinski definition) is 5. The van der Waals surface area contributed by atoms with Crippen molar-refractivity contribution in [3.8, 4) is 11.5 Å². The zero-order valence-electron chi connectivity index (χ0n) is 21.3. The average molecular weight is 515 g/mol. The van der Waals surface area contributed by atoms with Gasteiger partial charge in [0, 0.05) is 40.6 Å². The Morgan fingerprint density at radius 3 is 2.46 bits per heavy atom. The molecule has 2 aliphatic rings. The summed E-state index contributed by atoms with van der Waals surface area (Å²) in [4.78, 5) is 31.9. The van der Waals surface area contributed by atoms with Crippen molar-refractivity contribution in [3.05, 3.63) is 64.9 Å². The molecule has 1 aliphatic carbocycles. The third-order valence-electron chi connectivity index (χ3n) is 6.81. The Balaban J connectivity index is 1.84. The predicted octanol–water partition coefficient (Wildman–Crippen LogP) is 6.18. The summed E-state index contributed by atoms with van der Waals surface area (Å²) in [5.74, 6) is -1.43. The highest BCUT2D eigenvalue weighted by atomic mass is 19.4. The number of aliphatic imine (C=N–C) groups is 1. The van der Waals surface area contributed by atoms with Crippen molar-refractivity contribution in [1.82, 2.24) is 0 Å². The van der Waals surface area contributed by atoms with E-state index in [-0.39, 0.29) is 23.3 Å². The molecule has 9 heteroatoms. The minimum atomic E-state index is -4.56. The lowest BCUT2D eigenvalue weighted by atomic mass is 9.66. The van der Waals surface area contributed by atoms with Crippen LogP contribution in [0.5, 0.6) is 11.5 Å². The van der Waals surface area contributed by atoms with Gasteiger partial charge in [-0.25, -0.2) is 0 Å². The number of ketones is 1. The molecule has 0 fully saturated rings. The third kappa shape index (κ3) is 5.26. The van der Waals surface area contributed by atoms with Crippen LogP contribution < -0.4 is 14.8 Å². The van der Waals surface area contributed by atoms with Crippen molar-refractivity contribution >= 4 is 23.1 Å². The maximum Gasteiger partial charge on any atom is 0.416 e. The lowest BCUT2D eigenvalue weighted by Gasteiger charge is -2.39. The van der Waals surface area contributed by atoms with Crippen LogP contribution in [0.2, 0.25) is 0 Å². The summed E-state index contributed by atoms with van der Waals surface area (Å²) in [6.45, 7) is 5.69. The van der Waals surface area contributed by atoms with E-state index in [0.29, 0.717) is 40.5 Å². The molecule has 2 aromatic rings. The minimum absolute atomic E-state index is 0.000127. The van der Waals surface area contributed by atoms with Gasteiger partial charge >= 0.3 is 6.18 Å². The van der Waals surface area contributed by atoms with Crippen molar-refractivity contribution in [3.63, 3.8) is 0 Å². The Morgan fingerprint density at radius 1 is 1.08 bits per heavy atom. The number of ether oxygens (including phenoxy) is 2. The quantitative estimate of drug-likeness (QED) is 0.517. The average Bonchev–Trinajstić information content (AvgIpc) is 2.81. The first kappa shape index (κ1) is 26.4. The number of anilines is 1. The largest absolute Gasteiger partial charge is 0.497 e. The van der Waals surface area contributed by atoms with Crippen LogP contribution in [-0.2, 0) is 15.8 Å². The van der Waals surface area contributed by atoms with E-state index in [1.807, 2.05) is 13.8 Å². The van der Waals surface area contributed by atoms with Gasteiger partial charge in [0.05, 0.1) is 25.7 Å². The topological polar surface area (TPSA) is 77.0 Å². The third-order valence-corrected chi connectivity index (χ3v) is 6.81. The van der Waals surface area contributed by atoms with Crippen molar-refractivity contribution in [1.29, 1.82) is 0 Å². The first-order valence-corrected chi connectivity index (χ1v) is 11.9. The zero-order chi connectivity index (χ0) is 27.1. The van der Waals surface area contributed by atoms with Gasteiger partial charge in [-0.2, -0.15) is 13.2 Å². The number of allylic oxidation sites excluding steroid dienone is 2. The number of nitrogens with zero attached hydrogens (tertiary/aromatic N) is 1. The molecule has 1 amide bonds. The normalized spacial score (nSPS) is 21.2. The Morgan fingerprint density at radius 2 is 1.81 bits per heavy atom. The molecule has 0 saturated heterocycles. The minimum Gasteiger partial charge on any atom is -0.497 e. The molecule has 1 heterocycles. The molecule has 0 radical (unpaired) electrons. The highest BCUT2D eigenvalue weighted by molar-refractivity contribution is 6.13. The first-order valence-electron chi connectivity index (χ1n) is 11.9. The highest BCUT2D eigenvalue weighted by Gasteiger charge is 2.46. The Hall–Kier alpha value is -3.62. The smallest absolute Gasteiger partial charge is 0.416 e. The number of alkyl halides is 3. The number of rotatable bonds is 5. The number of hydrogen-bond donors (Lipinski definition) is 1. The van der Waals surface area contributed by atoms with Crippen molar-refractivity contribution < 1.29 is 32.2 Å².